The lowest BCUT2D eigenvalue weighted by molar-refractivity contribution is 0.0995. The van der Waals surface area contributed by atoms with Gasteiger partial charge in [-0.2, -0.15) is 0 Å². The third-order valence-corrected chi connectivity index (χ3v) is 3.87. The standard InChI is InChI=1S/C16H28N4O/c1-4-7-13-15(17-9-5-2)18-11-19-16(13)20-12(3)14-8-6-10-21-14/h11-12,14H,4-10H2,1-3H3,(H2,17,18,19,20). The van der Waals surface area contributed by atoms with Crippen molar-refractivity contribution >= 4 is 11.6 Å². The number of nitrogens with zero attached hydrogens (tertiary/aromatic N) is 2. The largest absolute Gasteiger partial charge is 0.376 e. The molecule has 0 spiro atoms. The summed E-state index contributed by atoms with van der Waals surface area (Å²) < 4.78 is 5.76. The number of hydrogen-bond acceptors (Lipinski definition) is 5. The first-order valence-corrected chi connectivity index (χ1v) is 8.22. The van der Waals surface area contributed by atoms with Crippen molar-refractivity contribution in [2.24, 2.45) is 0 Å². The number of aromatic nitrogens is 2. The van der Waals surface area contributed by atoms with Crippen LogP contribution in [0.2, 0.25) is 0 Å². The third-order valence-electron chi connectivity index (χ3n) is 3.87. The van der Waals surface area contributed by atoms with Crippen LogP contribution in [0.15, 0.2) is 6.33 Å². The summed E-state index contributed by atoms with van der Waals surface area (Å²) in [6.07, 6.45) is 7.37. The molecule has 0 radical (unpaired) electrons. The van der Waals surface area contributed by atoms with Crippen molar-refractivity contribution < 1.29 is 4.74 Å². The van der Waals surface area contributed by atoms with E-state index in [2.05, 4.69) is 41.4 Å². The summed E-state index contributed by atoms with van der Waals surface area (Å²) in [5.74, 6) is 1.92. The van der Waals surface area contributed by atoms with E-state index in [-0.39, 0.29) is 6.04 Å². The molecular formula is C16H28N4O. The van der Waals surface area contributed by atoms with Gasteiger partial charge in [-0.1, -0.05) is 20.3 Å². The predicted molar refractivity (Wildman–Crippen MR) is 86.9 cm³/mol. The molecule has 2 N–H and O–H groups in total. The molecule has 1 aliphatic heterocycles. The van der Waals surface area contributed by atoms with Crippen LogP contribution in [0, 0.1) is 0 Å². The summed E-state index contributed by atoms with van der Waals surface area (Å²) in [4.78, 5) is 8.87. The van der Waals surface area contributed by atoms with Gasteiger partial charge in [0.25, 0.3) is 0 Å². The van der Waals surface area contributed by atoms with Gasteiger partial charge in [-0.25, -0.2) is 9.97 Å². The highest BCUT2D eigenvalue weighted by molar-refractivity contribution is 5.57. The van der Waals surface area contributed by atoms with Crippen LogP contribution in [0.1, 0.15) is 52.0 Å². The zero-order chi connectivity index (χ0) is 15.1. The van der Waals surface area contributed by atoms with E-state index in [1.54, 1.807) is 6.33 Å². The topological polar surface area (TPSA) is 59.1 Å². The molecule has 1 aromatic heterocycles. The Labute approximate surface area is 127 Å². The molecule has 2 unspecified atom stereocenters. The van der Waals surface area contributed by atoms with Crippen LogP contribution in [-0.2, 0) is 11.2 Å². The number of rotatable bonds is 8. The number of ether oxygens (including phenoxy) is 1. The Morgan fingerprint density at radius 1 is 1.29 bits per heavy atom. The zero-order valence-electron chi connectivity index (χ0n) is 13.5. The lowest BCUT2D eigenvalue weighted by atomic mass is 10.1. The maximum Gasteiger partial charge on any atom is 0.135 e. The molecule has 2 heterocycles. The van der Waals surface area contributed by atoms with Crippen LogP contribution in [0.4, 0.5) is 11.6 Å². The van der Waals surface area contributed by atoms with Crippen molar-refractivity contribution in [1.29, 1.82) is 0 Å². The second-order valence-electron chi connectivity index (χ2n) is 5.71. The van der Waals surface area contributed by atoms with Crippen LogP contribution < -0.4 is 10.6 Å². The molecule has 1 aliphatic rings. The second kappa shape index (κ2) is 8.17. The highest BCUT2D eigenvalue weighted by Crippen LogP contribution is 2.24. The first-order chi connectivity index (χ1) is 10.3. The molecule has 2 atom stereocenters. The molecule has 5 nitrogen and oxygen atoms in total. The first kappa shape index (κ1) is 16.0. The minimum atomic E-state index is 0.275. The maximum absolute atomic E-state index is 5.76. The van der Waals surface area contributed by atoms with E-state index in [1.165, 1.54) is 5.56 Å². The average Bonchev–Trinajstić information content (AvgIpc) is 3.02. The van der Waals surface area contributed by atoms with Crippen LogP contribution in [0.3, 0.4) is 0 Å². The number of hydrogen-bond donors (Lipinski definition) is 2. The van der Waals surface area contributed by atoms with Crippen LogP contribution >= 0.6 is 0 Å². The quantitative estimate of drug-likeness (QED) is 0.770. The minimum Gasteiger partial charge on any atom is -0.376 e. The highest BCUT2D eigenvalue weighted by Gasteiger charge is 2.23. The van der Waals surface area contributed by atoms with Crippen molar-refractivity contribution in [1.82, 2.24) is 9.97 Å². The second-order valence-corrected chi connectivity index (χ2v) is 5.71. The fourth-order valence-corrected chi connectivity index (χ4v) is 2.72. The van der Waals surface area contributed by atoms with E-state index < -0.39 is 0 Å². The van der Waals surface area contributed by atoms with Gasteiger partial charge in [0.15, 0.2) is 0 Å². The monoisotopic (exact) mass is 292 g/mol. The van der Waals surface area contributed by atoms with Crippen LogP contribution in [0.5, 0.6) is 0 Å². The van der Waals surface area contributed by atoms with E-state index >= 15 is 0 Å². The summed E-state index contributed by atoms with van der Waals surface area (Å²) in [7, 11) is 0. The Balaban J connectivity index is 2.12. The normalized spacial score (nSPS) is 19.5. The molecule has 0 saturated carbocycles. The predicted octanol–water partition coefficient (Wildman–Crippen LogP) is 3.23. The van der Waals surface area contributed by atoms with Gasteiger partial charge >= 0.3 is 0 Å². The molecule has 2 rings (SSSR count). The van der Waals surface area contributed by atoms with E-state index in [0.717, 1.165) is 56.9 Å². The van der Waals surface area contributed by atoms with Gasteiger partial charge in [0.2, 0.25) is 0 Å². The fraction of sp³-hybridized carbons (Fsp3) is 0.750. The minimum absolute atomic E-state index is 0.275. The lowest BCUT2D eigenvalue weighted by Gasteiger charge is -2.23. The van der Waals surface area contributed by atoms with Gasteiger partial charge < -0.3 is 15.4 Å². The summed E-state index contributed by atoms with van der Waals surface area (Å²) in [6, 6.07) is 0.275. The van der Waals surface area contributed by atoms with Gasteiger partial charge in [-0.15, -0.1) is 0 Å². The molecule has 1 saturated heterocycles. The van der Waals surface area contributed by atoms with Crippen molar-refractivity contribution in [3.8, 4) is 0 Å². The Morgan fingerprint density at radius 2 is 2.10 bits per heavy atom. The molecule has 5 heteroatoms. The fourth-order valence-electron chi connectivity index (χ4n) is 2.72. The van der Waals surface area contributed by atoms with Crippen LogP contribution in [-0.4, -0.2) is 35.3 Å². The number of anilines is 2. The molecule has 0 bridgehead atoms. The summed E-state index contributed by atoms with van der Waals surface area (Å²) >= 11 is 0. The Hall–Kier alpha value is -1.36. The van der Waals surface area contributed by atoms with Gasteiger partial charge in [0.05, 0.1) is 12.1 Å². The number of nitrogens with one attached hydrogen (secondary N) is 2. The Kier molecular flexibility index (Phi) is 6.23. The van der Waals surface area contributed by atoms with Gasteiger partial charge in [0, 0.05) is 18.7 Å². The molecular weight excluding hydrogens is 264 g/mol. The van der Waals surface area contributed by atoms with Crippen molar-refractivity contribution in [3.63, 3.8) is 0 Å². The molecule has 0 aliphatic carbocycles. The molecule has 0 amide bonds. The molecule has 0 aromatic carbocycles. The highest BCUT2D eigenvalue weighted by atomic mass is 16.5. The van der Waals surface area contributed by atoms with Crippen LogP contribution in [0.25, 0.3) is 0 Å². The average molecular weight is 292 g/mol. The molecule has 1 aromatic rings. The van der Waals surface area contributed by atoms with E-state index in [0.29, 0.717) is 6.10 Å². The van der Waals surface area contributed by atoms with Gasteiger partial charge in [0.1, 0.15) is 18.0 Å². The Bertz CT molecular complexity index is 432. The summed E-state index contributed by atoms with van der Waals surface area (Å²) in [5.41, 5.74) is 1.19. The third kappa shape index (κ3) is 4.30. The summed E-state index contributed by atoms with van der Waals surface area (Å²) in [5, 5.41) is 6.95. The van der Waals surface area contributed by atoms with E-state index in [4.69, 9.17) is 4.74 Å². The molecule has 118 valence electrons. The SMILES string of the molecule is CCCNc1ncnc(NC(C)C2CCCO2)c1CCC. The maximum atomic E-state index is 5.76. The smallest absolute Gasteiger partial charge is 0.135 e. The van der Waals surface area contributed by atoms with Gasteiger partial charge in [-0.05, 0) is 32.6 Å². The summed E-state index contributed by atoms with van der Waals surface area (Å²) in [6.45, 7) is 8.34. The lowest BCUT2D eigenvalue weighted by Crippen LogP contribution is -2.31. The zero-order valence-corrected chi connectivity index (χ0v) is 13.5. The van der Waals surface area contributed by atoms with Crippen molar-refractivity contribution in [2.75, 3.05) is 23.8 Å². The van der Waals surface area contributed by atoms with Crippen molar-refractivity contribution in [3.05, 3.63) is 11.9 Å². The van der Waals surface area contributed by atoms with E-state index in [9.17, 15) is 0 Å². The first-order valence-electron chi connectivity index (χ1n) is 8.22. The Morgan fingerprint density at radius 3 is 2.76 bits per heavy atom. The molecule has 21 heavy (non-hydrogen) atoms. The van der Waals surface area contributed by atoms with Gasteiger partial charge in [-0.3, -0.25) is 0 Å². The van der Waals surface area contributed by atoms with E-state index in [1.807, 2.05) is 0 Å². The molecule has 1 fully saturated rings. The van der Waals surface area contributed by atoms with Crippen molar-refractivity contribution in [2.45, 2.75) is 65.0 Å².